The van der Waals surface area contributed by atoms with Gasteiger partial charge in [0.25, 0.3) is 0 Å². The Hall–Kier alpha value is -2.77. The predicted octanol–water partition coefficient (Wildman–Crippen LogP) is 4.25. The molecule has 21 heteroatoms. The predicted molar refractivity (Wildman–Crippen MR) is 254 cm³/mol. The Bertz CT molecular complexity index is 1320. The van der Waals surface area contributed by atoms with Gasteiger partial charge in [-0.15, -0.1) is 0 Å². The molecule has 4 amide bonds. The fraction of sp³-hybridized carbons (Fsp3) is 0.909. The van der Waals surface area contributed by atoms with Crippen LogP contribution in [0.1, 0.15) is 66.2 Å². The van der Waals surface area contributed by atoms with E-state index in [9.17, 15) is 19.2 Å². The van der Waals surface area contributed by atoms with Crippen LogP contribution in [-0.2, 0) is 32.5 Å². The summed E-state index contributed by atoms with van der Waals surface area (Å²) in [5.41, 5.74) is 0. The first kappa shape index (κ1) is 54.8. The Kier molecular flexibility index (Phi) is 24.1. The Morgan fingerprint density at radius 1 is 0.462 bits per heavy atom. The van der Waals surface area contributed by atoms with Gasteiger partial charge in [0, 0.05) is 116 Å². The summed E-state index contributed by atoms with van der Waals surface area (Å²) >= 11 is 0. The smallest absolute Gasteiger partial charge is 0.407 e. The second-order valence-electron chi connectivity index (χ2n) is 19.6. The molecule has 4 heterocycles. The van der Waals surface area contributed by atoms with Crippen LogP contribution < -0.4 is 21.3 Å². The van der Waals surface area contributed by atoms with E-state index >= 15 is 0 Å². The molecule has 0 bridgehead atoms. The zero-order valence-corrected chi connectivity index (χ0v) is 43.1. The van der Waals surface area contributed by atoms with Crippen molar-refractivity contribution in [1.82, 2.24) is 40.9 Å². The van der Waals surface area contributed by atoms with Crippen molar-refractivity contribution in [2.45, 2.75) is 141 Å². The van der Waals surface area contributed by atoms with Gasteiger partial charge in [0.1, 0.15) is 13.2 Å². The van der Waals surface area contributed by atoms with Crippen molar-refractivity contribution in [3.05, 3.63) is 0 Å². The number of nitrogens with one attached hydrogen (secondary N) is 4. The third kappa shape index (κ3) is 25.8. The molecule has 0 radical (unpaired) electrons. The molecule has 19 nitrogen and oxygen atoms in total. The van der Waals surface area contributed by atoms with Gasteiger partial charge in [0.15, 0.2) is 28.8 Å². The van der Waals surface area contributed by atoms with E-state index < -0.39 is 53.2 Å². The summed E-state index contributed by atoms with van der Waals surface area (Å²) in [6, 6.07) is 3.42. The fourth-order valence-corrected chi connectivity index (χ4v) is 16.6. The van der Waals surface area contributed by atoms with Crippen LogP contribution in [0.25, 0.3) is 0 Å². The van der Waals surface area contributed by atoms with Gasteiger partial charge >= 0.3 is 24.4 Å². The first-order chi connectivity index (χ1) is 31.0. The summed E-state index contributed by atoms with van der Waals surface area (Å²) in [7, 11) is -4.11. The molecule has 0 saturated carbocycles. The number of amides is 4. The highest BCUT2D eigenvalue weighted by Gasteiger charge is 2.33. The van der Waals surface area contributed by atoms with Crippen LogP contribution >= 0.6 is 0 Å². The molecular formula is C44H86N8O11Si2. The number of nitrogens with zero attached hydrogens (tertiary/aromatic N) is 4. The molecule has 4 fully saturated rings. The molecule has 6 unspecified atom stereocenters. The molecule has 0 aliphatic carbocycles. The number of carbonyl (C=O) groups excluding carboxylic acids is 4. The zero-order chi connectivity index (χ0) is 47.2. The number of hydrogen-bond acceptors (Lipinski definition) is 15. The molecule has 0 spiro atoms. The highest BCUT2D eigenvalue weighted by atomic mass is 28.4. The Morgan fingerprint density at radius 2 is 0.754 bits per heavy atom. The second kappa shape index (κ2) is 28.5. The zero-order valence-electron chi connectivity index (χ0n) is 41.1. The number of hydrogen-bond donors (Lipinski definition) is 4. The van der Waals surface area contributed by atoms with E-state index in [0.717, 1.165) is 103 Å². The van der Waals surface area contributed by atoms with Gasteiger partial charge in [-0.2, -0.15) is 0 Å². The number of rotatable bonds is 36. The number of carbonyl (C=O) groups is 4. The standard InChI is InChI=1S/C44H86N8O11Si2/c1-35(49-19-20-49)11-15-45-41(53)59-33-39(61-43(55)47-17-13-37(3)51-23-24-51)31-57-27-9-29-64(5,6)63-65(7,8)30-10-28-58-32-40(62-44(56)48-18-14-38(4)52-25-26-52)34-60-42(54)46-16-12-36(2)50-21-22-50/h35-40H,9-34H2,1-8H3,(H,45,53)(H,46,54)(H,47,55)(H,48,56). The highest BCUT2D eigenvalue weighted by Crippen LogP contribution is 2.24. The minimum Gasteiger partial charge on any atom is -0.455 e. The highest BCUT2D eigenvalue weighted by molar-refractivity contribution is 6.84. The Morgan fingerprint density at radius 3 is 1.05 bits per heavy atom. The summed E-state index contributed by atoms with van der Waals surface area (Å²) in [5, 5.41) is 11.3. The van der Waals surface area contributed by atoms with Crippen LogP contribution in [0.15, 0.2) is 0 Å². The third-order valence-electron chi connectivity index (χ3n) is 12.4. The minimum absolute atomic E-state index is 0.103. The van der Waals surface area contributed by atoms with E-state index in [1.807, 2.05) is 0 Å². The largest absolute Gasteiger partial charge is 0.455 e. The SMILES string of the molecule is CC(CCNC(=O)OCC(COCCC[Si](C)(C)O[Si](C)(C)CCCOCC(COC(=O)NCCC(C)N1CC1)OC(=O)NCCC(C)N1CC1)OC(=O)NCCC(C)N1CC1)N1CC1. The average molecular weight is 959 g/mol. The maximum Gasteiger partial charge on any atom is 0.407 e. The molecule has 4 N–H and O–H groups in total. The topological polar surface area (TPSA) is 193 Å². The second-order valence-corrected chi connectivity index (χ2v) is 28.5. The summed E-state index contributed by atoms with van der Waals surface area (Å²) in [5.74, 6) is 0. The van der Waals surface area contributed by atoms with Crippen LogP contribution in [-0.4, -0.2) is 215 Å². The quantitative estimate of drug-likeness (QED) is 0.0302. The Labute approximate surface area is 391 Å². The average Bonchev–Trinajstić information content (AvgIpc) is 4.04. The van der Waals surface area contributed by atoms with Gasteiger partial charge in [0.2, 0.25) is 0 Å². The van der Waals surface area contributed by atoms with E-state index in [4.69, 9.17) is 32.5 Å². The van der Waals surface area contributed by atoms with Crippen LogP contribution in [0.4, 0.5) is 19.2 Å². The minimum atomic E-state index is -2.05. The first-order valence-electron chi connectivity index (χ1n) is 24.5. The number of alkyl carbamates (subject to hydrolysis) is 4. The van der Waals surface area contributed by atoms with Crippen LogP contribution in [0.5, 0.6) is 0 Å². The van der Waals surface area contributed by atoms with Crippen LogP contribution in [0.3, 0.4) is 0 Å². The molecule has 376 valence electrons. The van der Waals surface area contributed by atoms with Gasteiger partial charge in [-0.25, -0.2) is 19.2 Å². The molecule has 4 rings (SSSR count). The molecule has 0 aromatic rings. The van der Waals surface area contributed by atoms with E-state index in [2.05, 4.69) is 94.7 Å². The molecule has 0 aromatic carbocycles. The van der Waals surface area contributed by atoms with E-state index in [0.29, 0.717) is 63.6 Å². The molecule has 4 aliphatic rings. The summed E-state index contributed by atoms with van der Waals surface area (Å²) in [6.07, 6.45) is 1.20. The van der Waals surface area contributed by atoms with Gasteiger partial charge in [-0.1, -0.05) is 0 Å². The normalized spacial score (nSPS) is 19.2. The fourth-order valence-electron chi connectivity index (χ4n) is 7.79. The lowest BCUT2D eigenvalue weighted by molar-refractivity contribution is -0.0117. The Balaban J connectivity index is 1.12. The van der Waals surface area contributed by atoms with Crippen molar-refractivity contribution in [1.29, 1.82) is 0 Å². The first-order valence-corrected chi connectivity index (χ1v) is 30.7. The van der Waals surface area contributed by atoms with Crippen molar-refractivity contribution >= 4 is 41.0 Å². The van der Waals surface area contributed by atoms with Crippen molar-refractivity contribution < 1.29 is 51.7 Å². The van der Waals surface area contributed by atoms with Crippen molar-refractivity contribution in [2.24, 2.45) is 0 Å². The van der Waals surface area contributed by atoms with Crippen molar-refractivity contribution in [3.8, 4) is 0 Å². The van der Waals surface area contributed by atoms with Gasteiger partial charge in [0.05, 0.1) is 13.2 Å². The van der Waals surface area contributed by atoms with Crippen LogP contribution in [0.2, 0.25) is 38.3 Å². The number of ether oxygens (including phenoxy) is 6. The van der Waals surface area contributed by atoms with Crippen molar-refractivity contribution in [3.63, 3.8) is 0 Å². The van der Waals surface area contributed by atoms with E-state index in [1.54, 1.807) is 0 Å². The molecule has 0 aromatic heterocycles. The maximum absolute atomic E-state index is 12.7. The summed E-state index contributed by atoms with van der Waals surface area (Å²) in [4.78, 5) is 59.6. The molecular weight excluding hydrogens is 873 g/mol. The lowest BCUT2D eigenvalue weighted by Gasteiger charge is -2.34. The lowest BCUT2D eigenvalue weighted by atomic mass is 10.2. The van der Waals surface area contributed by atoms with E-state index in [-0.39, 0.29) is 26.4 Å². The molecule has 6 atom stereocenters. The van der Waals surface area contributed by atoms with Crippen LogP contribution in [0, 0.1) is 0 Å². The third-order valence-corrected chi connectivity index (χ3v) is 19.9. The monoisotopic (exact) mass is 959 g/mol. The van der Waals surface area contributed by atoms with Gasteiger partial charge in [-0.05, 0) is 104 Å². The molecule has 65 heavy (non-hydrogen) atoms. The lowest BCUT2D eigenvalue weighted by Crippen LogP contribution is -2.44. The van der Waals surface area contributed by atoms with Gasteiger partial charge < -0.3 is 53.8 Å². The molecule has 4 aliphatic heterocycles. The summed E-state index contributed by atoms with van der Waals surface area (Å²) in [6.45, 7) is 29.2. The molecule has 4 saturated heterocycles. The van der Waals surface area contributed by atoms with E-state index in [1.165, 1.54) is 0 Å². The van der Waals surface area contributed by atoms with Crippen molar-refractivity contribution in [2.75, 3.05) is 118 Å². The maximum atomic E-state index is 12.7. The summed E-state index contributed by atoms with van der Waals surface area (Å²) < 4.78 is 41.0. The van der Waals surface area contributed by atoms with Gasteiger partial charge in [-0.3, -0.25) is 19.6 Å².